The molecule has 0 atom stereocenters. The molecule has 1 heterocycles. The molecule has 2 aliphatic rings. The van der Waals surface area contributed by atoms with Gasteiger partial charge in [0.25, 0.3) is 0 Å². The van der Waals surface area contributed by atoms with Crippen LogP contribution in [0, 0.1) is 12.3 Å². The van der Waals surface area contributed by atoms with Crippen LogP contribution in [0.3, 0.4) is 0 Å². The highest BCUT2D eigenvalue weighted by molar-refractivity contribution is 5.97. The van der Waals surface area contributed by atoms with Crippen LogP contribution in [0.4, 0.5) is 5.95 Å². The zero-order valence-corrected chi connectivity index (χ0v) is 12.6. The van der Waals surface area contributed by atoms with Gasteiger partial charge >= 0.3 is 5.97 Å². The zero-order valence-electron chi connectivity index (χ0n) is 12.6. The third kappa shape index (κ3) is 3.08. The third-order valence-corrected chi connectivity index (χ3v) is 3.52. The maximum atomic E-state index is 11.2. The molecule has 0 saturated carbocycles. The first-order valence-electron chi connectivity index (χ1n) is 7.11. The van der Waals surface area contributed by atoms with Crippen molar-refractivity contribution < 1.29 is 9.90 Å². The second-order valence-corrected chi connectivity index (χ2v) is 5.09. The van der Waals surface area contributed by atoms with E-state index in [-0.39, 0.29) is 11.5 Å². The standard InChI is InChI=1S/C13H9N3O2.C6H4/c1-2-8-4-3-5-10(12(17)18)11(8)9-6-15-13(14)16-7-9;1-2-5-4-6(5)3-1/h1,3-7H,(H,17,18)(H2,14,15,16);1-4H. The number of benzene rings is 2. The SMILES string of the molecule is C#Cc1cccc(C(=O)O)c1-c1cnc(N)nc1.c1cc2cc-2c1. The smallest absolute Gasteiger partial charge is 0.336 e. The average Bonchev–Trinajstić information content (AvgIpc) is 3.20. The molecule has 5 nitrogen and oxygen atoms in total. The number of aromatic carboxylic acids is 1. The van der Waals surface area contributed by atoms with Gasteiger partial charge in [-0.1, -0.05) is 30.2 Å². The number of fused-ring (bicyclic) bond motifs is 1. The molecule has 24 heavy (non-hydrogen) atoms. The first-order chi connectivity index (χ1) is 11.6. The van der Waals surface area contributed by atoms with Gasteiger partial charge in [0.05, 0.1) is 5.56 Å². The molecule has 4 rings (SSSR count). The number of anilines is 1. The number of hydrogen-bond donors (Lipinski definition) is 2. The number of hydrogen-bond acceptors (Lipinski definition) is 4. The molecule has 1 aromatic carbocycles. The average molecular weight is 315 g/mol. The van der Waals surface area contributed by atoms with Crippen LogP contribution in [0.15, 0.2) is 54.9 Å². The summed E-state index contributed by atoms with van der Waals surface area (Å²) >= 11 is 0. The van der Waals surface area contributed by atoms with E-state index in [1.54, 1.807) is 12.1 Å². The largest absolute Gasteiger partial charge is 0.478 e. The van der Waals surface area contributed by atoms with Crippen molar-refractivity contribution in [1.82, 2.24) is 9.97 Å². The van der Waals surface area contributed by atoms with Crippen LogP contribution >= 0.6 is 0 Å². The zero-order chi connectivity index (χ0) is 17.1. The molecular formula is C19H13N3O2. The molecule has 0 aliphatic heterocycles. The minimum absolute atomic E-state index is 0.110. The molecule has 3 N–H and O–H groups in total. The van der Waals surface area contributed by atoms with Crippen molar-refractivity contribution in [3.63, 3.8) is 0 Å². The number of nitrogens with zero attached hydrogens (tertiary/aromatic N) is 2. The van der Waals surface area contributed by atoms with Gasteiger partial charge in [-0.3, -0.25) is 0 Å². The Kier molecular flexibility index (Phi) is 3.96. The molecule has 0 spiro atoms. The molecule has 0 amide bonds. The van der Waals surface area contributed by atoms with E-state index in [9.17, 15) is 4.79 Å². The van der Waals surface area contributed by atoms with Crippen LogP contribution in [0.5, 0.6) is 0 Å². The Morgan fingerprint density at radius 2 is 1.67 bits per heavy atom. The number of carboxylic acids is 1. The lowest BCUT2D eigenvalue weighted by Crippen LogP contribution is -2.02. The Hall–Kier alpha value is -3.65. The van der Waals surface area contributed by atoms with Gasteiger partial charge in [-0.25, -0.2) is 14.8 Å². The molecule has 0 unspecified atom stereocenters. The molecule has 0 saturated heterocycles. The van der Waals surface area contributed by atoms with Crippen LogP contribution < -0.4 is 5.73 Å². The molecular weight excluding hydrogens is 302 g/mol. The van der Waals surface area contributed by atoms with Crippen molar-refractivity contribution in [1.29, 1.82) is 0 Å². The summed E-state index contributed by atoms with van der Waals surface area (Å²) in [6.07, 6.45) is 8.28. The molecule has 0 radical (unpaired) electrons. The molecule has 0 bridgehead atoms. The highest BCUT2D eigenvalue weighted by Crippen LogP contribution is 2.32. The van der Waals surface area contributed by atoms with E-state index in [1.165, 1.54) is 29.6 Å². The van der Waals surface area contributed by atoms with Crippen LogP contribution in [0.1, 0.15) is 15.9 Å². The summed E-state index contributed by atoms with van der Waals surface area (Å²) in [6.45, 7) is 0. The Morgan fingerprint density at radius 3 is 2.12 bits per heavy atom. The molecule has 116 valence electrons. The van der Waals surface area contributed by atoms with Crippen molar-refractivity contribution in [3.8, 4) is 34.6 Å². The molecule has 5 heteroatoms. The summed E-state index contributed by atoms with van der Waals surface area (Å²) in [6, 6.07) is 13.2. The van der Waals surface area contributed by atoms with E-state index < -0.39 is 5.97 Å². The summed E-state index contributed by atoms with van der Waals surface area (Å²) in [5.41, 5.74) is 9.78. The topological polar surface area (TPSA) is 89.1 Å². The third-order valence-electron chi connectivity index (χ3n) is 3.52. The first-order valence-corrected chi connectivity index (χ1v) is 7.11. The number of aromatic nitrogens is 2. The maximum absolute atomic E-state index is 11.2. The van der Waals surface area contributed by atoms with E-state index in [4.69, 9.17) is 17.3 Å². The number of nitrogen functional groups attached to an aromatic ring is 1. The fraction of sp³-hybridized carbons (Fsp3) is 0. The molecule has 0 fully saturated rings. The van der Waals surface area contributed by atoms with Crippen molar-refractivity contribution in [2.24, 2.45) is 0 Å². The van der Waals surface area contributed by atoms with Gasteiger partial charge in [-0.2, -0.15) is 0 Å². The number of carbonyl (C=O) groups is 1. The maximum Gasteiger partial charge on any atom is 0.336 e. The second-order valence-electron chi connectivity index (χ2n) is 5.09. The Bertz CT molecular complexity index is 940. The minimum Gasteiger partial charge on any atom is -0.478 e. The van der Waals surface area contributed by atoms with Crippen molar-refractivity contribution in [2.45, 2.75) is 0 Å². The van der Waals surface area contributed by atoms with E-state index in [0.717, 1.165) is 0 Å². The van der Waals surface area contributed by atoms with Crippen molar-refractivity contribution in [3.05, 3.63) is 66.0 Å². The Balaban J connectivity index is 0.000000231. The Labute approximate surface area is 138 Å². The van der Waals surface area contributed by atoms with Gasteiger partial charge in [0.1, 0.15) is 0 Å². The van der Waals surface area contributed by atoms with Crippen LogP contribution in [0.25, 0.3) is 22.3 Å². The van der Waals surface area contributed by atoms with Gasteiger partial charge in [-0.05, 0) is 29.3 Å². The number of terminal acetylenes is 1. The minimum atomic E-state index is -1.06. The van der Waals surface area contributed by atoms with Gasteiger partial charge in [-0.15, -0.1) is 6.42 Å². The van der Waals surface area contributed by atoms with E-state index in [0.29, 0.717) is 16.7 Å². The number of rotatable bonds is 2. The lowest BCUT2D eigenvalue weighted by atomic mass is 9.96. The van der Waals surface area contributed by atoms with Crippen molar-refractivity contribution >= 4 is 11.9 Å². The van der Waals surface area contributed by atoms with Gasteiger partial charge in [0.2, 0.25) is 5.95 Å². The summed E-state index contributed by atoms with van der Waals surface area (Å²) in [7, 11) is 0. The second kappa shape index (κ2) is 6.23. The molecule has 1 aromatic heterocycles. The van der Waals surface area contributed by atoms with Gasteiger partial charge in [0.15, 0.2) is 0 Å². The summed E-state index contributed by atoms with van der Waals surface area (Å²) in [4.78, 5) is 18.9. The summed E-state index contributed by atoms with van der Waals surface area (Å²) in [5, 5.41) is 9.17. The number of carboxylic acid groups (broad SMARTS) is 1. The lowest BCUT2D eigenvalue weighted by Gasteiger charge is -2.08. The highest BCUT2D eigenvalue weighted by Gasteiger charge is 2.15. The summed E-state index contributed by atoms with van der Waals surface area (Å²) in [5.74, 6) is 1.52. The van der Waals surface area contributed by atoms with Crippen LogP contribution in [0.2, 0.25) is 0 Å². The lowest BCUT2D eigenvalue weighted by molar-refractivity contribution is 0.0697. The first kappa shape index (κ1) is 15.3. The molecule has 2 aliphatic carbocycles. The fourth-order valence-corrected chi connectivity index (χ4v) is 2.30. The van der Waals surface area contributed by atoms with E-state index in [1.807, 2.05) is 0 Å². The predicted molar refractivity (Wildman–Crippen MR) is 92.2 cm³/mol. The quantitative estimate of drug-likeness (QED) is 0.555. The summed E-state index contributed by atoms with van der Waals surface area (Å²) < 4.78 is 0. The highest BCUT2D eigenvalue weighted by atomic mass is 16.4. The Morgan fingerprint density at radius 1 is 1.04 bits per heavy atom. The molecule has 2 aromatic rings. The van der Waals surface area contributed by atoms with Gasteiger partial charge < -0.3 is 10.8 Å². The van der Waals surface area contributed by atoms with Gasteiger partial charge in [0, 0.05) is 29.1 Å². The van der Waals surface area contributed by atoms with E-state index in [2.05, 4.69) is 40.2 Å². The monoisotopic (exact) mass is 315 g/mol. The number of nitrogens with two attached hydrogens (primary N) is 1. The normalized spacial score (nSPS) is 10.1. The fourth-order valence-electron chi connectivity index (χ4n) is 2.30. The van der Waals surface area contributed by atoms with E-state index >= 15 is 0 Å². The van der Waals surface area contributed by atoms with Crippen molar-refractivity contribution in [2.75, 3.05) is 5.73 Å². The predicted octanol–water partition coefficient (Wildman–Crippen LogP) is 3.07. The van der Waals surface area contributed by atoms with Crippen LogP contribution in [-0.4, -0.2) is 21.0 Å². The van der Waals surface area contributed by atoms with Crippen LogP contribution in [-0.2, 0) is 0 Å².